The molecule has 0 spiro atoms. The third-order valence-corrected chi connectivity index (χ3v) is 5.28. The first kappa shape index (κ1) is 19.2. The maximum atomic E-state index is 12.2. The minimum atomic E-state index is -0.186. The van der Waals surface area contributed by atoms with E-state index in [-0.39, 0.29) is 6.03 Å². The molecule has 150 valence electrons. The molecule has 1 saturated heterocycles. The van der Waals surface area contributed by atoms with Gasteiger partial charge in [-0.3, -0.25) is 4.90 Å². The molecule has 0 saturated carbocycles. The van der Waals surface area contributed by atoms with Gasteiger partial charge in [0.05, 0.1) is 6.54 Å². The van der Waals surface area contributed by atoms with Gasteiger partial charge in [0.2, 0.25) is 0 Å². The predicted octanol–water partition coefficient (Wildman–Crippen LogP) is 3.81. The molecule has 2 heterocycles. The summed E-state index contributed by atoms with van der Waals surface area (Å²) in [7, 11) is 0. The van der Waals surface area contributed by atoms with Crippen LogP contribution in [0, 0.1) is 0 Å². The molecular weight excluding hydrogens is 364 g/mol. The van der Waals surface area contributed by atoms with Crippen LogP contribution in [0.5, 0.6) is 0 Å². The van der Waals surface area contributed by atoms with Gasteiger partial charge >= 0.3 is 6.03 Å². The SMILES string of the molecule is O=C(NCc1cc(-c2ccccc2)no1)NCC1CCCN1Cc1ccccc1. The van der Waals surface area contributed by atoms with Crippen LogP contribution in [0.3, 0.4) is 0 Å². The van der Waals surface area contributed by atoms with E-state index in [0.29, 0.717) is 24.9 Å². The van der Waals surface area contributed by atoms with Crippen molar-refractivity contribution in [1.29, 1.82) is 0 Å². The number of aromatic nitrogens is 1. The lowest BCUT2D eigenvalue weighted by Gasteiger charge is -2.24. The Morgan fingerprint density at radius 1 is 1.07 bits per heavy atom. The van der Waals surface area contributed by atoms with Crippen molar-refractivity contribution in [2.45, 2.75) is 32.0 Å². The Balaban J connectivity index is 1.22. The Morgan fingerprint density at radius 2 is 1.83 bits per heavy atom. The number of carbonyl (C=O) groups excluding carboxylic acids is 1. The zero-order valence-electron chi connectivity index (χ0n) is 16.4. The van der Waals surface area contributed by atoms with Crippen LogP contribution in [0.2, 0.25) is 0 Å². The Bertz CT molecular complexity index is 911. The van der Waals surface area contributed by atoms with E-state index in [1.54, 1.807) is 0 Å². The second-order valence-electron chi connectivity index (χ2n) is 7.36. The van der Waals surface area contributed by atoms with Crippen LogP contribution in [0.25, 0.3) is 11.3 Å². The first-order valence-corrected chi connectivity index (χ1v) is 10.1. The van der Waals surface area contributed by atoms with Gasteiger partial charge in [-0.05, 0) is 24.9 Å². The van der Waals surface area contributed by atoms with Crippen LogP contribution in [0.15, 0.2) is 71.3 Å². The summed E-state index contributed by atoms with van der Waals surface area (Å²) in [6, 6.07) is 22.3. The first-order valence-electron chi connectivity index (χ1n) is 10.1. The van der Waals surface area contributed by atoms with Crippen LogP contribution in [0.1, 0.15) is 24.2 Å². The van der Waals surface area contributed by atoms with E-state index in [1.165, 1.54) is 12.0 Å². The summed E-state index contributed by atoms with van der Waals surface area (Å²) in [6.07, 6.45) is 2.27. The van der Waals surface area contributed by atoms with E-state index in [9.17, 15) is 4.79 Å². The van der Waals surface area contributed by atoms with Crippen LogP contribution in [0.4, 0.5) is 4.79 Å². The second kappa shape index (κ2) is 9.39. The summed E-state index contributed by atoms with van der Waals surface area (Å²) in [6.45, 7) is 2.95. The third kappa shape index (κ3) is 5.23. The number of benzene rings is 2. The maximum absolute atomic E-state index is 12.2. The third-order valence-electron chi connectivity index (χ3n) is 5.28. The normalized spacial score (nSPS) is 16.6. The van der Waals surface area contributed by atoms with Crippen molar-refractivity contribution in [3.8, 4) is 11.3 Å². The van der Waals surface area contributed by atoms with Crippen molar-refractivity contribution in [2.24, 2.45) is 0 Å². The van der Waals surface area contributed by atoms with E-state index >= 15 is 0 Å². The maximum Gasteiger partial charge on any atom is 0.315 e. The Kier molecular flexibility index (Phi) is 6.22. The number of rotatable bonds is 7. The van der Waals surface area contributed by atoms with Crippen molar-refractivity contribution in [3.63, 3.8) is 0 Å². The summed E-state index contributed by atoms with van der Waals surface area (Å²) in [4.78, 5) is 14.7. The summed E-state index contributed by atoms with van der Waals surface area (Å²) < 4.78 is 5.33. The van der Waals surface area contributed by atoms with Gasteiger partial charge in [-0.1, -0.05) is 65.8 Å². The molecule has 6 nitrogen and oxygen atoms in total. The highest BCUT2D eigenvalue weighted by atomic mass is 16.5. The molecule has 0 aliphatic carbocycles. The zero-order chi connectivity index (χ0) is 19.9. The molecule has 1 aromatic heterocycles. The molecule has 0 bridgehead atoms. The lowest BCUT2D eigenvalue weighted by molar-refractivity contribution is 0.221. The molecule has 2 aromatic carbocycles. The van der Waals surface area contributed by atoms with Gasteiger partial charge in [0.1, 0.15) is 5.69 Å². The van der Waals surface area contributed by atoms with Gasteiger partial charge in [-0.15, -0.1) is 0 Å². The van der Waals surface area contributed by atoms with Crippen molar-refractivity contribution in [3.05, 3.63) is 78.1 Å². The number of amides is 2. The van der Waals surface area contributed by atoms with Gasteiger partial charge in [0.15, 0.2) is 5.76 Å². The predicted molar refractivity (Wildman–Crippen MR) is 112 cm³/mol. The van der Waals surface area contributed by atoms with Crippen LogP contribution < -0.4 is 10.6 Å². The van der Waals surface area contributed by atoms with Crippen molar-refractivity contribution in [1.82, 2.24) is 20.7 Å². The van der Waals surface area contributed by atoms with Crippen LogP contribution >= 0.6 is 0 Å². The van der Waals surface area contributed by atoms with Gasteiger partial charge in [0.25, 0.3) is 0 Å². The summed E-state index contributed by atoms with van der Waals surface area (Å²) >= 11 is 0. The monoisotopic (exact) mass is 390 g/mol. The molecule has 1 aliphatic rings. The lowest BCUT2D eigenvalue weighted by atomic mass is 10.1. The Morgan fingerprint density at radius 3 is 2.62 bits per heavy atom. The van der Waals surface area contributed by atoms with E-state index in [2.05, 4.69) is 45.0 Å². The second-order valence-corrected chi connectivity index (χ2v) is 7.36. The highest BCUT2D eigenvalue weighted by Crippen LogP contribution is 2.20. The molecule has 1 atom stereocenters. The van der Waals surface area contributed by atoms with Gasteiger partial charge in [0, 0.05) is 30.8 Å². The molecule has 2 N–H and O–H groups in total. The molecule has 0 radical (unpaired) electrons. The highest BCUT2D eigenvalue weighted by Gasteiger charge is 2.24. The minimum Gasteiger partial charge on any atom is -0.359 e. The van der Waals surface area contributed by atoms with Crippen LogP contribution in [-0.4, -0.2) is 35.2 Å². The number of urea groups is 1. The quantitative estimate of drug-likeness (QED) is 0.644. The highest BCUT2D eigenvalue weighted by molar-refractivity contribution is 5.73. The van der Waals surface area contributed by atoms with Crippen LogP contribution in [-0.2, 0) is 13.1 Å². The van der Waals surface area contributed by atoms with Gasteiger partial charge in [-0.25, -0.2) is 4.79 Å². The summed E-state index contributed by atoms with van der Waals surface area (Å²) in [5.41, 5.74) is 3.07. The molecule has 2 amide bonds. The fraction of sp³-hybridized carbons (Fsp3) is 0.304. The number of nitrogens with zero attached hydrogens (tertiary/aromatic N) is 2. The Hall–Kier alpha value is -3.12. The number of carbonyl (C=O) groups is 1. The van der Waals surface area contributed by atoms with E-state index in [4.69, 9.17) is 4.52 Å². The molecule has 1 unspecified atom stereocenters. The van der Waals surface area contributed by atoms with Crippen molar-refractivity contribution >= 4 is 6.03 Å². The van der Waals surface area contributed by atoms with E-state index in [1.807, 2.05) is 42.5 Å². The zero-order valence-corrected chi connectivity index (χ0v) is 16.4. The number of hydrogen-bond donors (Lipinski definition) is 2. The van der Waals surface area contributed by atoms with Crippen molar-refractivity contribution in [2.75, 3.05) is 13.1 Å². The number of likely N-dealkylation sites (tertiary alicyclic amines) is 1. The standard InChI is InChI=1S/C23H26N4O2/c28-23(25-16-21-14-22(26-29-21)19-10-5-2-6-11-19)24-15-20-12-7-13-27(20)17-18-8-3-1-4-9-18/h1-6,8-11,14,20H,7,12-13,15-17H2,(H2,24,25,28). The van der Waals surface area contributed by atoms with Crippen molar-refractivity contribution < 1.29 is 9.32 Å². The number of nitrogens with one attached hydrogen (secondary N) is 2. The van der Waals surface area contributed by atoms with Gasteiger partial charge in [-0.2, -0.15) is 0 Å². The molecule has 1 fully saturated rings. The fourth-order valence-electron chi connectivity index (χ4n) is 3.73. The molecule has 6 heteroatoms. The molecular formula is C23H26N4O2. The first-order chi connectivity index (χ1) is 14.3. The van der Waals surface area contributed by atoms with E-state index in [0.717, 1.165) is 30.8 Å². The summed E-state index contributed by atoms with van der Waals surface area (Å²) in [5.74, 6) is 0.630. The molecule has 1 aliphatic heterocycles. The average molecular weight is 390 g/mol. The lowest BCUT2D eigenvalue weighted by Crippen LogP contribution is -2.43. The van der Waals surface area contributed by atoms with E-state index < -0.39 is 0 Å². The van der Waals surface area contributed by atoms with Gasteiger partial charge < -0.3 is 15.2 Å². The largest absolute Gasteiger partial charge is 0.359 e. The molecule has 4 rings (SSSR count). The summed E-state index contributed by atoms with van der Waals surface area (Å²) in [5, 5.41) is 9.92. The topological polar surface area (TPSA) is 70.4 Å². The molecule has 29 heavy (non-hydrogen) atoms. The molecule has 3 aromatic rings. The smallest absolute Gasteiger partial charge is 0.315 e. The fourth-order valence-corrected chi connectivity index (χ4v) is 3.73. The minimum absolute atomic E-state index is 0.186. The Labute approximate surface area is 170 Å². The average Bonchev–Trinajstić information content (AvgIpc) is 3.42. The number of hydrogen-bond acceptors (Lipinski definition) is 4.